The van der Waals surface area contributed by atoms with E-state index in [1.807, 2.05) is 0 Å². The van der Waals surface area contributed by atoms with E-state index in [2.05, 4.69) is 92.7 Å². The summed E-state index contributed by atoms with van der Waals surface area (Å²) in [6.45, 7) is 6.17. The Balaban J connectivity index is 0.00000181. The summed E-state index contributed by atoms with van der Waals surface area (Å²) in [5, 5.41) is 15.3. The van der Waals surface area contributed by atoms with Crippen molar-refractivity contribution in [2.75, 3.05) is 13.2 Å². The molecule has 0 aliphatic carbocycles. The molecule has 6 heteroatoms. The number of carbonyl (C=O) groups is 1. The summed E-state index contributed by atoms with van der Waals surface area (Å²) >= 11 is 0. The Morgan fingerprint density at radius 2 is 0.809 bits per heavy atom. The zero-order chi connectivity index (χ0) is 33.8. The Bertz CT molecular complexity index is 1080. The van der Waals surface area contributed by atoms with Crippen molar-refractivity contribution < 1.29 is 24.5 Å². The van der Waals surface area contributed by atoms with Gasteiger partial charge in [-0.05, 0) is 73.5 Å². The fourth-order valence-electron chi connectivity index (χ4n) is 5.51. The van der Waals surface area contributed by atoms with E-state index < -0.39 is 6.16 Å². The molecule has 5 nitrogen and oxygen atoms in total. The summed E-state index contributed by atoms with van der Waals surface area (Å²) in [4.78, 5) is 12.4. The second-order valence-electron chi connectivity index (χ2n) is 12.2. The third-order valence-corrected chi connectivity index (χ3v) is 10.4. The van der Waals surface area contributed by atoms with E-state index in [4.69, 9.17) is 24.5 Å². The van der Waals surface area contributed by atoms with Crippen LogP contribution in [0.5, 0.6) is 11.5 Å². The maximum absolute atomic E-state index is 8.44. The number of ether oxygens (including phenoxy) is 2. The van der Waals surface area contributed by atoms with Crippen molar-refractivity contribution in [3.8, 4) is 11.5 Å². The van der Waals surface area contributed by atoms with Gasteiger partial charge in [-0.2, -0.15) is 0 Å². The maximum Gasteiger partial charge on any atom is 0.249 e. The molecule has 1 N–H and O–H groups in total. The average Bonchev–Trinajstić information content (AvgIpc) is 3.08. The van der Waals surface area contributed by atoms with Crippen LogP contribution in [0.25, 0.3) is 0 Å². The number of carboxylic acid groups (broad SMARTS) is 2. The first-order chi connectivity index (χ1) is 23.0. The summed E-state index contributed by atoms with van der Waals surface area (Å²) in [6.07, 6.45) is 21.9. The minimum atomic E-state index is -2.08. The highest BCUT2D eigenvalue weighted by molar-refractivity contribution is 7.97. The number of benzene rings is 3. The van der Waals surface area contributed by atoms with Crippen LogP contribution in [0, 0.1) is 0 Å². The fraction of sp³-hybridized carbons (Fsp3) is 0.537. The van der Waals surface area contributed by atoms with E-state index in [-0.39, 0.29) is 10.9 Å². The van der Waals surface area contributed by atoms with Gasteiger partial charge in [0, 0.05) is 0 Å². The first-order valence-electron chi connectivity index (χ1n) is 18.2. The molecule has 0 bridgehead atoms. The standard InChI is InChI=1S/C40H59O2S.CH2O3/c1-3-5-7-9-11-13-15-17-22-34-41-36-26-30-39(31-27-36)43(38-24-20-19-21-25-38)40-32-28-37(29-33-40)42-35-23-18-16-14-12-10-8-6-4-2;2-1(3)4/h19-21,24-33H,3-18,22-23,34-35H2,1-2H3;(H2,2,3,4)/q+1;/p-1. The maximum atomic E-state index is 8.44. The third kappa shape index (κ3) is 19.3. The molecule has 0 amide bonds. The van der Waals surface area contributed by atoms with Crippen molar-refractivity contribution in [3.05, 3.63) is 78.9 Å². The van der Waals surface area contributed by atoms with E-state index >= 15 is 0 Å². The lowest BCUT2D eigenvalue weighted by atomic mass is 10.1. The van der Waals surface area contributed by atoms with Gasteiger partial charge < -0.3 is 24.5 Å². The predicted molar refractivity (Wildman–Crippen MR) is 195 cm³/mol. The van der Waals surface area contributed by atoms with Crippen molar-refractivity contribution in [2.45, 2.75) is 144 Å². The first-order valence-corrected chi connectivity index (χ1v) is 19.4. The highest BCUT2D eigenvalue weighted by atomic mass is 32.2. The molecular formula is C41H60O5S. The molecule has 0 aromatic heterocycles. The van der Waals surface area contributed by atoms with Crippen LogP contribution in [-0.2, 0) is 10.9 Å². The smallest absolute Gasteiger partial charge is 0.249 e. The molecular weight excluding hydrogens is 605 g/mol. The summed E-state index contributed by atoms with van der Waals surface area (Å²) in [7, 11) is -0.172. The predicted octanol–water partition coefficient (Wildman–Crippen LogP) is 11.5. The monoisotopic (exact) mass is 664 g/mol. The van der Waals surface area contributed by atoms with E-state index in [0.29, 0.717) is 0 Å². The molecule has 3 rings (SSSR count). The van der Waals surface area contributed by atoms with Crippen LogP contribution in [0.3, 0.4) is 0 Å². The van der Waals surface area contributed by atoms with Crippen molar-refractivity contribution in [1.29, 1.82) is 0 Å². The highest BCUT2D eigenvalue weighted by Crippen LogP contribution is 2.33. The Morgan fingerprint density at radius 3 is 1.15 bits per heavy atom. The molecule has 3 aromatic carbocycles. The SMILES string of the molecule is CCCCCCCCCCCOc1ccc([S+](c2ccccc2)c2ccc(OCCCCCCCCCCC)cc2)cc1.O=C([O-])O. The van der Waals surface area contributed by atoms with Crippen molar-refractivity contribution >= 4 is 17.1 Å². The van der Waals surface area contributed by atoms with Gasteiger partial charge in [0.15, 0.2) is 14.7 Å². The number of hydrogen-bond donors (Lipinski definition) is 1. The Hall–Kier alpha value is -3.12. The van der Waals surface area contributed by atoms with Crippen molar-refractivity contribution in [1.82, 2.24) is 0 Å². The zero-order valence-electron chi connectivity index (χ0n) is 29.1. The van der Waals surface area contributed by atoms with Crippen LogP contribution < -0.4 is 14.6 Å². The molecule has 47 heavy (non-hydrogen) atoms. The van der Waals surface area contributed by atoms with Crippen molar-refractivity contribution in [2.24, 2.45) is 0 Å². The molecule has 0 aliphatic rings. The second kappa shape index (κ2) is 26.9. The van der Waals surface area contributed by atoms with Gasteiger partial charge in [0.05, 0.1) is 24.1 Å². The molecule has 0 fully saturated rings. The summed E-state index contributed by atoms with van der Waals surface area (Å²) in [6, 6.07) is 28.4. The van der Waals surface area contributed by atoms with Gasteiger partial charge in [-0.15, -0.1) is 0 Å². The molecule has 0 atom stereocenters. The minimum absolute atomic E-state index is 0.172. The van der Waals surface area contributed by atoms with Gasteiger partial charge in [-0.25, -0.2) is 0 Å². The van der Waals surface area contributed by atoms with Crippen LogP contribution in [0.2, 0.25) is 0 Å². The number of unbranched alkanes of at least 4 members (excludes halogenated alkanes) is 16. The molecule has 3 aromatic rings. The molecule has 0 saturated heterocycles. The third-order valence-electron chi connectivity index (χ3n) is 8.13. The molecule has 0 heterocycles. The summed E-state index contributed by atoms with van der Waals surface area (Å²) in [5.74, 6) is 1.94. The van der Waals surface area contributed by atoms with Gasteiger partial charge >= 0.3 is 0 Å². The Labute approximate surface area is 288 Å². The molecule has 0 saturated carbocycles. The van der Waals surface area contributed by atoms with Crippen LogP contribution >= 0.6 is 0 Å². The quantitative estimate of drug-likeness (QED) is 0.0720. The summed E-state index contributed by atoms with van der Waals surface area (Å²) < 4.78 is 12.2. The lowest BCUT2D eigenvalue weighted by molar-refractivity contribution is -0.275. The highest BCUT2D eigenvalue weighted by Gasteiger charge is 2.28. The first kappa shape index (κ1) is 40.1. The molecule has 0 unspecified atom stereocenters. The average molecular weight is 665 g/mol. The molecule has 260 valence electrons. The Morgan fingerprint density at radius 1 is 0.511 bits per heavy atom. The van der Waals surface area contributed by atoms with Gasteiger partial charge in [0.25, 0.3) is 0 Å². The molecule has 0 aliphatic heterocycles. The van der Waals surface area contributed by atoms with Gasteiger partial charge in [0.1, 0.15) is 11.5 Å². The van der Waals surface area contributed by atoms with E-state index in [0.717, 1.165) is 37.6 Å². The van der Waals surface area contributed by atoms with Gasteiger partial charge in [0.2, 0.25) is 6.16 Å². The lowest BCUT2D eigenvalue weighted by Gasteiger charge is -2.11. The number of rotatable bonds is 25. The molecule has 0 spiro atoms. The van der Waals surface area contributed by atoms with Crippen molar-refractivity contribution in [3.63, 3.8) is 0 Å². The fourth-order valence-corrected chi connectivity index (χ4v) is 7.58. The van der Waals surface area contributed by atoms with E-state index in [9.17, 15) is 0 Å². The van der Waals surface area contributed by atoms with Crippen LogP contribution in [0.1, 0.15) is 129 Å². The van der Waals surface area contributed by atoms with Crippen LogP contribution in [-0.4, -0.2) is 24.5 Å². The largest absolute Gasteiger partial charge is 0.565 e. The normalized spacial score (nSPS) is 10.8. The van der Waals surface area contributed by atoms with Gasteiger partial charge in [-0.1, -0.05) is 135 Å². The van der Waals surface area contributed by atoms with Crippen LogP contribution in [0.4, 0.5) is 4.79 Å². The second-order valence-corrected chi connectivity index (χ2v) is 14.2. The van der Waals surface area contributed by atoms with E-state index in [1.54, 1.807) is 0 Å². The molecule has 0 radical (unpaired) electrons. The Kier molecular flexibility index (Phi) is 22.9. The van der Waals surface area contributed by atoms with Crippen LogP contribution in [0.15, 0.2) is 93.5 Å². The minimum Gasteiger partial charge on any atom is -0.565 e. The van der Waals surface area contributed by atoms with E-state index in [1.165, 1.54) is 117 Å². The topological polar surface area (TPSA) is 78.8 Å². The lowest BCUT2D eigenvalue weighted by Crippen LogP contribution is -2.17. The summed E-state index contributed by atoms with van der Waals surface area (Å²) in [5.41, 5.74) is 0. The zero-order valence-corrected chi connectivity index (χ0v) is 30.0. The number of hydrogen-bond acceptors (Lipinski definition) is 4. The van der Waals surface area contributed by atoms with Gasteiger partial charge in [-0.3, -0.25) is 0 Å².